The van der Waals surface area contributed by atoms with Gasteiger partial charge in [-0.3, -0.25) is 0 Å². The summed E-state index contributed by atoms with van der Waals surface area (Å²) in [6.45, 7) is 3.11. The van der Waals surface area contributed by atoms with Crippen LogP contribution in [0, 0.1) is 6.92 Å². The number of sulfonamides is 1. The number of hydrogen-bond donors (Lipinski definition) is 3. The molecule has 6 nitrogen and oxygen atoms in total. The number of hydrogen-bond acceptors (Lipinski definition) is 3. The third-order valence-corrected chi connectivity index (χ3v) is 5.97. The Labute approximate surface area is 178 Å². The Kier molecular flexibility index (Phi) is 7.21. The topological polar surface area (TPSA) is 82.6 Å². The number of nitrogens with zero attached hydrogens (tertiary/aromatic N) is 1. The van der Waals surface area contributed by atoms with E-state index in [1.54, 1.807) is 24.3 Å². The first-order valence-corrected chi connectivity index (χ1v) is 11.1. The number of guanidine groups is 1. The number of rotatable bonds is 7. The Morgan fingerprint density at radius 1 is 0.867 bits per heavy atom. The second kappa shape index (κ2) is 10.0. The third kappa shape index (κ3) is 6.17. The molecule has 0 fully saturated rings. The van der Waals surface area contributed by atoms with Crippen molar-refractivity contribution < 1.29 is 8.42 Å². The molecule has 0 saturated carbocycles. The van der Waals surface area contributed by atoms with Crippen LogP contribution in [0.1, 0.15) is 16.7 Å². The van der Waals surface area contributed by atoms with Gasteiger partial charge in [0.15, 0.2) is 5.96 Å². The average molecular weight is 423 g/mol. The van der Waals surface area contributed by atoms with E-state index in [0.29, 0.717) is 19.0 Å². The average Bonchev–Trinajstić information content (AvgIpc) is 2.77. The minimum atomic E-state index is -3.44. The first-order valence-electron chi connectivity index (χ1n) is 9.65. The summed E-state index contributed by atoms with van der Waals surface area (Å²) in [6.07, 6.45) is 0. The lowest BCUT2D eigenvalue weighted by atomic mass is 10.1. The summed E-state index contributed by atoms with van der Waals surface area (Å²) in [5.41, 5.74) is 4.22. The molecule has 0 saturated heterocycles. The van der Waals surface area contributed by atoms with Crippen LogP contribution in [0.4, 0.5) is 5.69 Å². The molecule has 0 bridgehead atoms. The molecule has 0 aliphatic rings. The maximum absolute atomic E-state index is 11.9. The largest absolute Gasteiger partial charge is 0.352 e. The smallest absolute Gasteiger partial charge is 0.240 e. The minimum Gasteiger partial charge on any atom is -0.352 e. The molecular weight excluding hydrogens is 396 g/mol. The van der Waals surface area contributed by atoms with Crippen LogP contribution in [0.2, 0.25) is 0 Å². The Balaban J connectivity index is 1.73. The summed E-state index contributed by atoms with van der Waals surface area (Å²) >= 11 is 0. The Bertz CT molecular complexity index is 1080. The van der Waals surface area contributed by atoms with Crippen molar-refractivity contribution in [3.05, 3.63) is 95.6 Å². The number of benzene rings is 3. The normalized spacial score (nSPS) is 11.9. The van der Waals surface area contributed by atoms with Gasteiger partial charge in [0.25, 0.3) is 0 Å². The Morgan fingerprint density at radius 3 is 2.13 bits per heavy atom. The van der Waals surface area contributed by atoms with Gasteiger partial charge in [0, 0.05) is 12.2 Å². The summed E-state index contributed by atoms with van der Waals surface area (Å²) in [5, 5.41) is 6.66. The Morgan fingerprint density at radius 2 is 1.50 bits per heavy atom. The van der Waals surface area contributed by atoms with Crippen molar-refractivity contribution in [1.29, 1.82) is 0 Å². The van der Waals surface area contributed by atoms with E-state index in [-0.39, 0.29) is 4.90 Å². The maximum atomic E-state index is 11.9. The van der Waals surface area contributed by atoms with Gasteiger partial charge in [-0.1, -0.05) is 60.2 Å². The van der Waals surface area contributed by atoms with Gasteiger partial charge in [-0.25, -0.2) is 18.1 Å². The van der Waals surface area contributed by atoms with E-state index in [0.717, 1.165) is 16.8 Å². The summed E-state index contributed by atoms with van der Waals surface area (Å²) < 4.78 is 26.0. The molecule has 7 heteroatoms. The van der Waals surface area contributed by atoms with Crippen LogP contribution in [0.5, 0.6) is 0 Å². The van der Waals surface area contributed by atoms with E-state index < -0.39 is 10.0 Å². The first kappa shape index (κ1) is 21.5. The maximum Gasteiger partial charge on any atom is 0.240 e. The number of aliphatic imine (C=N–C) groups is 1. The van der Waals surface area contributed by atoms with E-state index in [1.807, 2.05) is 30.3 Å². The number of aryl methyl sites for hydroxylation is 1. The molecule has 0 aliphatic heterocycles. The Hall–Kier alpha value is -3.16. The second-order valence-electron chi connectivity index (χ2n) is 6.85. The zero-order chi connectivity index (χ0) is 21.4. The zero-order valence-corrected chi connectivity index (χ0v) is 17.9. The van der Waals surface area contributed by atoms with Gasteiger partial charge in [-0.2, -0.15) is 0 Å². The fourth-order valence-electron chi connectivity index (χ4n) is 2.75. The lowest BCUT2D eigenvalue weighted by Gasteiger charge is -2.13. The highest BCUT2D eigenvalue weighted by Crippen LogP contribution is 2.12. The zero-order valence-electron chi connectivity index (χ0n) is 17.1. The van der Waals surface area contributed by atoms with Gasteiger partial charge in [-0.05, 0) is 49.4 Å². The standard InChI is InChI=1S/C23H26N4O2S/c1-18-8-10-19(11-9-18)16-25-23(27-21-6-4-3-5-7-21)26-17-20-12-14-22(15-13-20)30(28,29)24-2/h3-15,24H,16-17H2,1-2H3,(H2,25,26,27). The van der Waals surface area contributed by atoms with Crippen LogP contribution < -0.4 is 15.4 Å². The number of nitrogens with one attached hydrogen (secondary N) is 3. The predicted molar refractivity (Wildman–Crippen MR) is 122 cm³/mol. The van der Waals surface area contributed by atoms with Crippen LogP contribution in [0.15, 0.2) is 88.8 Å². The van der Waals surface area contributed by atoms with Crippen molar-refractivity contribution in [2.75, 3.05) is 12.4 Å². The van der Waals surface area contributed by atoms with Crippen molar-refractivity contribution in [3.63, 3.8) is 0 Å². The van der Waals surface area contributed by atoms with Crippen molar-refractivity contribution in [2.24, 2.45) is 4.99 Å². The SMILES string of the molecule is CNS(=O)(=O)c1ccc(CN=C(NCc2ccc(C)cc2)Nc2ccccc2)cc1. The highest BCUT2D eigenvalue weighted by molar-refractivity contribution is 7.89. The van der Waals surface area contributed by atoms with E-state index in [4.69, 9.17) is 0 Å². The fourth-order valence-corrected chi connectivity index (χ4v) is 3.48. The summed E-state index contributed by atoms with van der Waals surface area (Å²) in [5.74, 6) is 0.647. The molecule has 0 radical (unpaired) electrons. The molecule has 3 rings (SSSR count). The quantitative estimate of drug-likeness (QED) is 0.401. The molecule has 0 spiro atoms. The number of para-hydroxylation sites is 1. The van der Waals surface area contributed by atoms with E-state index >= 15 is 0 Å². The van der Waals surface area contributed by atoms with Gasteiger partial charge < -0.3 is 10.6 Å². The number of anilines is 1. The van der Waals surface area contributed by atoms with E-state index in [1.165, 1.54) is 12.6 Å². The molecule has 0 aliphatic carbocycles. The minimum absolute atomic E-state index is 0.234. The molecule has 0 atom stereocenters. The van der Waals surface area contributed by atoms with Gasteiger partial charge in [0.05, 0.1) is 11.4 Å². The summed E-state index contributed by atoms with van der Waals surface area (Å²) in [4.78, 5) is 4.90. The monoisotopic (exact) mass is 422 g/mol. The van der Waals surface area contributed by atoms with Crippen LogP contribution in [-0.2, 0) is 23.1 Å². The van der Waals surface area contributed by atoms with Gasteiger partial charge in [0.2, 0.25) is 10.0 Å². The van der Waals surface area contributed by atoms with Crippen molar-refractivity contribution in [1.82, 2.24) is 10.0 Å². The van der Waals surface area contributed by atoms with Gasteiger partial charge in [0.1, 0.15) is 0 Å². The molecule has 3 aromatic rings. The summed E-state index contributed by atoms with van der Waals surface area (Å²) in [7, 11) is -2.04. The predicted octanol–water partition coefficient (Wildman–Crippen LogP) is 3.66. The molecule has 0 aromatic heterocycles. The van der Waals surface area contributed by atoms with Gasteiger partial charge in [-0.15, -0.1) is 0 Å². The second-order valence-corrected chi connectivity index (χ2v) is 8.73. The lowest BCUT2D eigenvalue weighted by Crippen LogP contribution is -2.30. The van der Waals surface area contributed by atoms with Gasteiger partial charge >= 0.3 is 0 Å². The van der Waals surface area contributed by atoms with Crippen LogP contribution >= 0.6 is 0 Å². The molecular formula is C23H26N4O2S. The third-order valence-electron chi connectivity index (χ3n) is 4.54. The molecule has 0 heterocycles. The highest BCUT2D eigenvalue weighted by atomic mass is 32.2. The fraction of sp³-hybridized carbons (Fsp3) is 0.174. The van der Waals surface area contributed by atoms with Crippen molar-refractivity contribution >= 4 is 21.7 Å². The molecule has 3 aromatic carbocycles. The van der Waals surface area contributed by atoms with E-state index in [9.17, 15) is 8.42 Å². The van der Waals surface area contributed by atoms with Crippen LogP contribution in [-0.4, -0.2) is 21.4 Å². The van der Waals surface area contributed by atoms with Crippen LogP contribution in [0.3, 0.4) is 0 Å². The summed E-state index contributed by atoms with van der Waals surface area (Å²) in [6, 6.07) is 24.9. The van der Waals surface area contributed by atoms with Crippen molar-refractivity contribution in [3.8, 4) is 0 Å². The highest BCUT2D eigenvalue weighted by Gasteiger charge is 2.10. The first-order chi connectivity index (χ1) is 14.5. The molecule has 0 amide bonds. The molecule has 3 N–H and O–H groups in total. The van der Waals surface area contributed by atoms with E-state index in [2.05, 4.69) is 51.5 Å². The molecule has 30 heavy (non-hydrogen) atoms. The molecule has 0 unspecified atom stereocenters. The van der Waals surface area contributed by atoms with Crippen LogP contribution in [0.25, 0.3) is 0 Å². The molecule has 156 valence electrons. The van der Waals surface area contributed by atoms with Crippen molar-refractivity contribution in [2.45, 2.75) is 24.9 Å². The lowest BCUT2D eigenvalue weighted by molar-refractivity contribution is 0.588.